The fourth-order valence-electron chi connectivity index (χ4n) is 2.70. The van der Waals surface area contributed by atoms with Crippen LogP contribution < -0.4 is 10.1 Å². The zero-order valence-corrected chi connectivity index (χ0v) is 15.8. The molecule has 0 radical (unpaired) electrons. The summed E-state index contributed by atoms with van der Waals surface area (Å²) in [5.41, 5.74) is 2.06. The quantitative estimate of drug-likeness (QED) is 0.295. The Balaban J connectivity index is 1.97. The molecule has 0 aromatic heterocycles. The van der Waals surface area contributed by atoms with Crippen LogP contribution in [0.25, 0.3) is 6.08 Å². The Morgan fingerprint density at radius 1 is 0.966 bits per heavy atom. The molecule has 3 aromatic carbocycles. The highest BCUT2D eigenvalue weighted by atomic mass is 16.5. The maximum Gasteiger partial charge on any atom is 0.259 e. The molecule has 5 nitrogen and oxygen atoms in total. The lowest BCUT2D eigenvalue weighted by Crippen LogP contribution is -2.20. The van der Waals surface area contributed by atoms with E-state index >= 15 is 0 Å². The molecule has 0 bridgehead atoms. The monoisotopic (exact) mass is 382 g/mol. The number of Topliss-reactive ketones (excluding diaryl/α,β-unsaturated/α-hetero) is 1. The van der Waals surface area contributed by atoms with Crippen LogP contribution in [0.2, 0.25) is 0 Å². The number of nitriles is 1. The first kappa shape index (κ1) is 19.6. The van der Waals surface area contributed by atoms with E-state index in [4.69, 9.17) is 10.00 Å². The fourth-order valence-corrected chi connectivity index (χ4v) is 2.70. The predicted molar refractivity (Wildman–Crippen MR) is 112 cm³/mol. The maximum atomic E-state index is 13.0. The first-order valence-electron chi connectivity index (χ1n) is 8.87. The molecule has 0 spiro atoms. The summed E-state index contributed by atoms with van der Waals surface area (Å²) < 4.78 is 5.17. The number of hydrogen-bond acceptors (Lipinski definition) is 4. The van der Waals surface area contributed by atoms with E-state index in [1.807, 2.05) is 6.07 Å². The van der Waals surface area contributed by atoms with Crippen LogP contribution in [0.5, 0.6) is 5.75 Å². The average molecular weight is 382 g/mol. The molecule has 3 aromatic rings. The van der Waals surface area contributed by atoms with Crippen molar-refractivity contribution in [1.82, 2.24) is 0 Å². The molecule has 29 heavy (non-hydrogen) atoms. The smallest absolute Gasteiger partial charge is 0.259 e. The third-order valence-electron chi connectivity index (χ3n) is 4.20. The van der Waals surface area contributed by atoms with Gasteiger partial charge in [0.05, 0.1) is 24.3 Å². The van der Waals surface area contributed by atoms with Crippen LogP contribution in [0, 0.1) is 11.3 Å². The Morgan fingerprint density at radius 2 is 1.69 bits per heavy atom. The molecule has 5 heteroatoms. The van der Waals surface area contributed by atoms with Crippen molar-refractivity contribution in [1.29, 1.82) is 5.26 Å². The highest BCUT2D eigenvalue weighted by Crippen LogP contribution is 2.20. The third kappa shape index (κ3) is 4.96. The minimum atomic E-state index is -0.531. The van der Waals surface area contributed by atoms with Gasteiger partial charge in [0, 0.05) is 17.3 Å². The molecule has 0 aliphatic rings. The van der Waals surface area contributed by atoms with Crippen molar-refractivity contribution < 1.29 is 14.3 Å². The summed E-state index contributed by atoms with van der Waals surface area (Å²) >= 11 is 0. The molecule has 0 saturated carbocycles. The lowest BCUT2D eigenvalue weighted by Gasteiger charge is -2.10. The van der Waals surface area contributed by atoms with Gasteiger partial charge in [0.2, 0.25) is 0 Å². The number of carbonyl (C=O) groups excluding carboxylic acids is 2. The van der Waals surface area contributed by atoms with Crippen LogP contribution in [0.1, 0.15) is 21.5 Å². The van der Waals surface area contributed by atoms with E-state index in [2.05, 4.69) is 5.32 Å². The van der Waals surface area contributed by atoms with E-state index in [1.165, 1.54) is 13.2 Å². The van der Waals surface area contributed by atoms with Gasteiger partial charge in [-0.2, -0.15) is 5.26 Å². The molecule has 1 N–H and O–H groups in total. The van der Waals surface area contributed by atoms with Crippen LogP contribution in [0.4, 0.5) is 5.69 Å². The second-order valence-corrected chi connectivity index (χ2v) is 6.17. The van der Waals surface area contributed by atoms with Gasteiger partial charge in [-0.25, -0.2) is 0 Å². The SMILES string of the molecule is COc1cccc(NC(=O)/C(=C/c2ccc(C#N)cc2)C(=O)c2ccccc2)c1. The molecule has 0 atom stereocenters. The van der Waals surface area contributed by atoms with Gasteiger partial charge in [0.25, 0.3) is 5.91 Å². The Bertz CT molecular complexity index is 1090. The number of anilines is 1. The molecule has 0 aliphatic heterocycles. The van der Waals surface area contributed by atoms with Crippen LogP contribution in [0.15, 0.2) is 84.4 Å². The van der Waals surface area contributed by atoms with Crippen molar-refractivity contribution >= 4 is 23.5 Å². The summed E-state index contributed by atoms with van der Waals surface area (Å²) in [6, 6.07) is 24.2. The van der Waals surface area contributed by atoms with Gasteiger partial charge < -0.3 is 10.1 Å². The zero-order chi connectivity index (χ0) is 20.6. The maximum absolute atomic E-state index is 13.0. The summed E-state index contributed by atoms with van der Waals surface area (Å²) in [4.78, 5) is 26.0. The van der Waals surface area contributed by atoms with Crippen molar-refractivity contribution in [2.45, 2.75) is 0 Å². The van der Waals surface area contributed by atoms with Crippen molar-refractivity contribution in [3.05, 3.63) is 101 Å². The van der Waals surface area contributed by atoms with Gasteiger partial charge >= 0.3 is 0 Å². The lowest BCUT2D eigenvalue weighted by atomic mass is 9.99. The van der Waals surface area contributed by atoms with E-state index in [0.717, 1.165) is 0 Å². The molecule has 0 aliphatic carbocycles. The fraction of sp³-hybridized carbons (Fsp3) is 0.0417. The minimum absolute atomic E-state index is 0.0104. The molecular weight excluding hydrogens is 364 g/mol. The van der Waals surface area contributed by atoms with Crippen LogP contribution in [-0.2, 0) is 4.79 Å². The van der Waals surface area contributed by atoms with E-state index in [9.17, 15) is 9.59 Å². The molecule has 0 fully saturated rings. The summed E-state index contributed by atoms with van der Waals surface area (Å²) in [6.07, 6.45) is 1.52. The largest absolute Gasteiger partial charge is 0.497 e. The van der Waals surface area contributed by atoms with Gasteiger partial charge in [0.15, 0.2) is 5.78 Å². The average Bonchev–Trinajstić information content (AvgIpc) is 2.78. The summed E-state index contributed by atoms with van der Waals surface area (Å²) in [6.45, 7) is 0. The van der Waals surface area contributed by atoms with Gasteiger partial charge in [-0.05, 0) is 35.9 Å². The molecule has 0 saturated heterocycles. The molecule has 1 amide bonds. The minimum Gasteiger partial charge on any atom is -0.497 e. The predicted octanol–water partition coefficient (Wildman–Crippen LogP) is 4.47. The molecular formula is C24H18N2O3. The number of carbonyl (C=O) groups is 2. The highest BCUT2D eigenvalue weighted by molar-refractivity contribution is 6.31. The zero-order valence-electron chi connectivity index (χ0n) is 15.8. The van der Waals surface area contributed by atoms with Crippen molar-refractivity contribution in [3.8, 4) is 11.8 Å². The number of nitrogens with one attached hydrogen (secondary N) is 1. The molecule has 0 heterocycles. The first-order valence-corrected chi connectivity index (χ1v) is 8.87. The number of benzene rings is 3. The number of ether oxygens (including phenoxy) is 1. The Kier molecular flexibility index (Phi) is 6.18. The second-order valence-electron chi connectivity index (χ2n) is 6.17. The summed E-state index contributed by atoms with van der Waals surface area (Å²) in [7, 11) is 1.54. The molecule has 3 rings (SSSR count). The number of rotatable bonds is 6. The van der Waals surface area contributed by atoms with E-state index in [1.54, 1.807) is 78.9 Å². The number of hydrogen-bond donors (Lipinski definition) is 1. The normalized spacial score (nSPS) is 10.7. The van der Waals surface area contributed by atoms with Crippen molar-refractivity contribution in [3.63, 3.8) is 0 Å². The Hall–Kier alpha value is -4.17. The number of ketones is 1. The topological polar surface area (TPSA) is 79.2 Å². The lowest BCUT2D eigenvalue weighted by molar-refractivity contribution is -0.112. The van der Waals surface area contributed by atoms with Crippen LogP contribution >= 0.6 is 0 Å². The summed E-state index contributed by atoms with van der Waals surface area (Å²) in [5, 5.41) is 11.7. The Labute approximate surface area is 168 Å². The third-order valence-corrected chi connectivity index (χ3v) is 4.20. The number of methoxy groups -OCH3 is 1. The molecule has 142 valence electrons. The van der Waals surface area contributed by atoms with E-state index in [-0.39, 0.29) is 5.57 Å². The van der Waals surface area contributed by atoms with Gasteiger partial charge in [-0.1, -0.05) is 48.5 Å². The van der Waals surface area contributed by atoms with E-state index in [0.29, 0.717) is 28.1 Å². The van der Waals surface area contributed by atoms with Crippen molar-refractivity contribution in [2.75, 3.05) is 12.4 Å². The second kappa shape index (κ2) is 9.16. The number of nitrogens with zero attached hydrogens (tertiary/aromatic N) is 1. The standard InChI is InChI=1S/C24H18N2O3/c1-29-21-9-5-8-20(15-21)26-24(28)22(23(27)19-6-3-2-4-7-19)14-17-10-12-18(16-25)13-11-17/h2-15H,1H3,(H,26,28)/b22-14+. The summed E-state index contributed by atoms with van der Waals surface area (Å²) in [5.74, 6) is -0.332. The van der Waals surface area contributed by atoms with Gasteiger partial charge in [0.1, 0.15) is 5.75 Å². The Morgan fingerprint density at radius 3 is 2.34 bits per heavy atom. The number of amides is 1. The highest BCUT2D eigenvalue weighted by Gasteiger charge is 2.20. The van der Waals surface area contributed by atoms with Crippen LogP contribution in [-0.4, -0.2) is 18.8 Å². The molecule has 0 unspecified atom stereocenters. The first-order chi connectivity index (χ1) is 14.1. The van der Waals surface area contributed by atoms with Crippen LogP contribution in [0.3, 0.4) is 0 Å². The van der Waals surface area contributed by atoms with Gasteiger partial charge in [-0.3, -0.25) is 9.59 Å². The van der Waals surface area contributed by atoms with E-state index < -0.39 is 11.7 Å². The van der Waals surface area contributed by atoms with Crippen molar-refractivity contribution in [2.24, 2.45) is 0 Å². The van der Waals surface area contributed by atoms with Gasteiger partial charge in [-0.15, -0.1) is 0 Å².